The number of fused-ring (bicyclic) bond motifs is 1. The van der Waals surface area contributed by atoms with E-state index in [0.29, 0.717) is 16.8 Å². The molecule has 2 aromatic carbocycles. The Bertz CT molecular complexity index is 1050. The van der Waals surface area contributed by atoms with Crippen LogP contribution in [0, 0.1) is 0 Å². The van der Waals surface area contributed by atoms with Gasteiger partial charge in [-0.05, 0) is 30.7 Å². The van der Waals surface area contributed by atoms with Gasteiger partial charge in [0.05, 0.1) is 24.3 Å². The van der Waals surface area contributed by atoms with E-state index in [4.69, 9.17) is 9.15 Å². The first-order valence-electron chi connectivity index (χ1n) is 9.50. The highest BCUT2D eigenvalue weighted by Gasteiger charge is 2.42. The summed E-state index contributed by atoms with van der Waals surface area (Å²) in [5, 5.41) is 33.7. The zero-order valence-corrected chi connectivity index (χ0v) is 15.9. The lowest BCUT2D eigenvalue weighted by atomic mass is 9.93. The Labute approximate surface area is 167 Å². The molecule has 2 heterocycles. The van der Waals surface area contributed by atoms with Gasteiger partial charge in [-0.25, -0.2) is 4.79 Å². The summed E-state index contributed by atoms with van der Waals surface area (Å²) >= 11 is 0. The summed E-state index contributed by atoms with van der Waals surface area (Å²) in [5.41, 5.74) is 1.86. The molecular weight excluding hydrogens is 374 g/mol. The Hall–Kier alpha value is -2.71. The Morgan fingerprint density at radius 3 is 2.52 bits per heavy atom. The van der Waals surface area contributed by atoms with Gasteiger partial charge in [0.1, 0.15) is 23.9 Å². The minimum Gasteiger partial charge on any atom is -0.422 e. The van der Waals surface area contributed by atoms with Crippen molar-refractivity contribution in [1.82, 2.24) is 0 Å². The molecule has 1 aliphatic rings. The van der Waals surface area contributed by atoms with Crippen molar-refractivity contribution >= 4 is 16.7 Å². The molecule has 0 spiro atoms. The maximum atomic E-state index is 12.4. The van der Waals surface area contributed by atoms with E-state index in [0.717, 1.165) is 10.9 Å². The molecule has 29 heavy (non-hydrogen) atoms. The van der Waals surface area contributed by atoms with Gasteiger partial charge < -0.3 is 29.8 Å². The van der Waals surface area contributed by atoms with E-state index in [-0.39, 0.29) is 6.61 Å². The SMILES string of the molecule is CC1OC(CO)C(O)C(O)C1Nc1ccc2cc(-c3ccccc3)c(=O)oc2c1. The maximum absolute atomic E-state index is 12.4. The van der Waals surface area contributed by atoms with Crippen molar-refractivity contribution in [2.24, 2.45) is 0 Å². The molecule has 0 radical (unpaired) electrons. The molecule has 1 aliphatic heterocycles. The summed E-state index contributed by atoms with van der Waals surface area (Å²) in [7, 11) is 0. The molecule has 4 N–H and O–H groups in total. The van der Waals surface area contributed by atoms with Crippen LogP contribution in [0.15, 0.2) is 63.8 Å². The van der Waals surface area contributed by atoms with E-state index in [2.05, 4.69) is 5.32 Å². The van der Waals surface area contributed by atoms with Crippen molar-refractivity contribution in [3.63, 3.8) is 0 Å². The van der Waals surface area contributed by atoms with Crippen molar-refractivity contribution in [2.45, 2.75) is 37.4 Å². The van der Waals surface area contributed by atoms with Gasteiger partial charge in [-0.3, -0.25) is 0 Å². The van der Waals surface area contributed by atoms with Gasteiger partial charge in [0.25, 0.3) is 0 Å². The Morgan fingerprint density at radius 1 is 1.03 bits per heavy atom. The molecule has 1 aromatic heterocycles. The molecule has 7 nitrogen and oxygen atoms in total. The van der Waals surface area contributed by atoms with E-state index in [1.165, 1.54) is 0 Å². The molecule has 1 saturated heterocycles. The molecule has 4 rings (SSSR count). The van der Waals surface area contributed by atoms with Crippen LogP contribution < -0.4 is 10.9 Å². The normalized spacial score (nSPS) is 27.1. The van der Waals surface area contributed by atoms with Crippen molar-refractivity contribution in [3.8, 4) is 11.1 Å². The summed E-state index contributed by atoms with van der Waals surface area (Å²) in [5.74, 6) is 0. The molecule has 0 amide bonds. The third-order valence-electron chi connectivity index (χ3n) is 5.33. The van der Waals surface area contributed by atoms with Gasteiger partial charge in [-0.15, -0.1) is 0 Å². The van der Waals surface area contributed by atoms with Crippen LogP contribution in [-0.2, 0) is 4.74 Å². The summed E-state index contributed by atoms with van der Waals surface area (Å²) in [6, 6.07) is 15.8. The van der Waals surface area contributed by atoms with Crippen LogP contribution in [0.4, 0.5) is 5.69 Å². The molecule has 152 valence electrons. The number of rotatable bonds is 4. The van der Waals surface area contributed by atoms with E-state index >= 15 is 0 Å². The summed E-state index contributed by atoms with van der Waals surface area (Å²) in [6.07, 6.45) is -3.61. The fraction of sp³-hybridized carbons (Fsp3) is 0.318. The number of anilines is 1. The molecule has 1 fully saturated rings. The first-order valence-corrected chi connectivity index (χ1v) is 9.50. The van der Waals surface area contributed by atoms with Crippen molar-refractivity contribution in [3.05, 3.63) is 65.0 Å². The summed E-state index contributed by atoms with van der Waals surface area (Å²) in [6.45, 7) is 1.38. The smallest absolute Gasteiger partial charge is 0.344 e. The molecule has 5 atom stereocenters. The van der Waals surface area contributed by atoms with Crippen molar-refractivity contribution in [1.29, 1.82) is 0 Å². The number of ether oxygens (including phenoxy) is 1. The largest absolute Gasteiger partial charge is 0.422 e. The first-order chi connectivity index (χ1) is 14.0. The lowest BCUT2D eigenvalue weighted by Gasteiger charge is -2.41. The average Bonchev–Trinajstić information content (AvgIpc) is 2.73. The number of benzene rings is 2. The summed E-state index contributed by atoms with van der Waals surface area (Å²) < 4.78 is 11.1. The number of nitrogens with one attached hydrogen (secondary N) is 1. The summed E-state index contributed by atoms with van der Waals surface area (Å²) in [4.78, 5) is 12.4. The first kappa shape index (κ1) is 19.6. The molecule has 0 bridgehead atoms. The van der Waals surface area contributed by atoms with E-state index in [9.17, 15) is 20.1 Å². The van der Waals surface area contributed by atoms with Crippen LogP contribution in [0.2, 0.25) is 0 Å². The average molecular weight is 397 g/mol. The van der Waals surface area contributed by atoms with Crippen molar-refractivity contribution < 1.29 is 24.5 Å². The van der Waals surface area contributed by atoms with Crippen LogP contribution in [0.5, 0.6) is 0 Å². The topological polar surface area (TPSA) is 112 Å². The van der Waals surface area contributed by atoms with Gasteiger partial charge in [0.2, 0.25) is 0 Å². The quantitative estimate of drug-likeness (QED) is 0.496. The Morgan fingerprint density at radius 2 is 1.79 bits per heavy atom. The standard InChI is InChI=1S/C22H23NO6/c1-12-19(21(26)20(25)18(11-24)28-12)23-15-8-7-14-9-16(13-5-3-2-4-6-13)22(27)29-17(14)10-15/h2-10,12,18-21,23-26H,11H2,1H3. The molecule has 7 heteroatoms. The zero-order valence-electron chi connectivity index (χ0n) is 15.9. The molecular formula is C22H23NO6. The second-order valence-electron chi connectivity index (χ2n) is 7.28. The van der Waals surface area contributed by atoms with Gasteiger partial charge in [-0.2, -0.15) is 0 Å². The van der Waals surface area contributed by atoms with Gasteiger partial charge in [0.15, 0.2) is 0 Å². The predicted octanol–water partition coefficient (Wildman–Crippen LogP) is 1.74. The molecule has 0 saturated carbocycles. The number of hydrogen-bond donors (Lipinski definition) is 4. The number of aliphatic hydroxyl groups excluding tert-OH is 3. The van der Waals surface area contributed by atoms with Crippen LogP contribution in [-0.4, -0.2) is 52.4 Å². The van der Waals surface area contributed by atoms with Crippen LogP contribution >= 0.6 is 0 Å². The molecule has 0 aliphatic carbocycles. The third-order valence-corrected chi connectivity index (χ3v) is 5.33. The second kappa shape index (κ2) is 7.96. The van der Waals surface area contributed by atoms with Gasteiger partial charge >= 0.3 is 5.63 Å². The fourth-order valence-electron chi connectivity index (χ4n) is 3.72. The van der Waals surface area contributed by atoms with Crippen LogP contribution in [0.1, 0.15) is 6.92 Å². The second-order valence-corrected chi connectivity index (χ2v) is 7.28. The monoisotopic (exact) mass is 397 g/mol. The molecule has 3 aromatic rings. The highest BCUT2D eigenvalue weighted by atomic mass is 16.5. The van der Waals surface area contributed by atoms with E-state index < -0.39 is 36.1 Å². The van der Waals surface area contributed by atoms with E-state index in [1.807, 2.05) is 36.4 Å². The maximum Gasteiger partial charge on any atom is 0.344 e. The number of aliphatic hydroxyl groups is 3. The Balaban J connectivity index is 1.62. The highest BCUT2D eigenvalue weighted by Crippen LogP contribution is 2.27. The minimum atomic E-state index is -1.21. The van der Waals surface area contributed by atoms with E-state index in [1.54, 1.807) is 25.1 Å². The minimum absolute atomic E-state index is 0.375. The van der Waals surface area contributed by atoms with Gasteiger partial charge in [0, 0.05) is 17.1 Å². The van der Waals surface area contributed by atoms with Crippen LogP contribution in [0.3, 0.4) is 0 Å². The lowest BCUT2D eigenvalue weighted by molar-refractivity contribution is -0.180. The predicted molar refractivity (Wildman–Crippen MR) is 109 cm³/mol. The Kier molecular flexibility index (Phi) is 5.38. The fourth-order valence-corrected chi connectivity index (χ4v) is 3.72. The lowest BCUT2D eigenvalue weighted by Crippen LogP contribution is -2.60. The van der Waals surface area contributed by atoms with Gasteiger partial charge in [-0.1, -0.05) is 30.3 Å². The highest BCUT2D eigenvalue weighted by molar-refractivity contribution is 5.84. The molecule has 5 unspecified atom stereocenters. The van der Waals surface area contributed by atoms with Crippen molar-refractivity contribution in [2.75, 3.05) is 11.9 Å². The van der Waals surface area contributed by atoms with Crippen LogP contribution in [0.25, 0.3) is 22.1 Å². The third kappa shape index (κ3) is 3.77. The zero-order chi connectivity index (χ0) is 20.5. The number of hydrogen-bond acceptors (Lipinski definition) is 7.